The fourth-order valence-corrected chi connectivity index (χ4v) is 0.993. The highest BCUT2D eigenvalue weighted by atomic mass is 14.9. The van der Waals surface area contributed by atoms with E-state index in [2.05, 4.69) is 46.0 Å². The molecule has 0 saturated carbocycles. The van der Waals surface area contributed by atoms with E-state index in [1.807, 2.05) is 0 Å². The zero-order valence-electron chi connectivity index (χ0n) is 8.44. The third kappa shape index (κ3) is 7.60. The van der Waals surface area contributed by atoms with Crippen LogP contribution >= 0.6 is 0 Å². The van der Waals surface area contributed by atoms with E-state index in [-0.39, 0.29) is 0 Å². The van der Waals surface area contributed by atoms with Crippen molar-refractivity contribution < 1.29 is 0 Å². The monoisotopic (exact) mass is 155 g/mol. The van der Waals surface area contributed by atoms with Crippen molar-refractivity contribution in [2.75, 3.05) is 6.54 Å². The van der Waals surface area contributed by atoms with E-state index in [0.29, 0.717) is 12.0 Å². The van der Waals surface area contributed by atoms with Crippen molar-refractivity contribution in [3.63, 3.8) is 0 Å². The van der Waals surface area contributed by atoms with E-state index in [0.717, 1.165) is 6.54 Å². The first-order valence-electron chi connectivity index (χ1n) is 4.43. The fraction of sp³-hybridized carbons (Fsp3) is 0.800. The highest BCUT2D eigenvalue weighted by molar-refractivity contribution is 5.01. The smallest absolute Gasteiger partial charge is 0.0164 e. The molecule has 0 heterocycles. The highest BCUT2D eigenvalue weighted by Crippen LogP contribution is 2.00. The summed E-state index contributed by atoms with van der Waals surface area (Å²) in [6, 6.07) is 0.588. The minimum Gasteiger partial charge on any atom is -0.311 e. The average Bonchev–Trinajstić information content (AvgIpc) is 1.82. The predicted octanol–water partition coefficient (Wildman–Crippen LogP) is 2.59. The van der Waals surface area contributed by atoms with Gasteiger partial charge in [-0.2, -0.15) is 0 Å². The Balaban J connectivity index is 3.59. The van der Waals surface area contributed by atoms with Crippen LogP contribution in [0.5, 0.6) is 0 Å². The SMILES string of the molecule is C/C(=C\C(C)C)CNC(C)C. The summed E-state index contributed by atoms with van der Waals surface area (Å²) in [7, 11) is 0. The normalized spacial score (nSPS) is 13.2. The highest BCUT2D eigenvalue weighted by Gasteiger charge is 1.93. The first kappa shape index (κ1) is 10.7. The standard InChI is InChI=1S/C10H21N/c1-8(2)6-10(5)7-11-9(3)4/h6,8-9,11H,7H2,1-5H3/b10-6+. The quantitative estimate of drug-likeness (QED) is 0.615. The first-order chi connectivity index (χ1) is 5.02. The summed E-state index contributed by atoms with van der Waals surface area (Å²) < 4.78 is 0. The van der Waals surface area contributed by atoms with Crippen molar-refractivity contribution in [3.8, 4) is 0 Å². The Labute approximate surface area is 70.9 Å². The number of allylic oxidation sites excluding steroid dienone is 1. The van der Waals surface area contributed by atoms with Crippen LogP contribution in [0.1, 0.15) is 34.6 Å². The van der Waals surface area contributed by atoms with Gasteiger partial charge in [-0.05, 0) is 12.8 Å². The average molecular weight is 155 g/mol. The van der Waals surface area contributed by atoms with Crippen LogP contribution in [0.3, 0.4) is 0 Å². The van der Waals surface area contributed by atoms with Crippen LogP contribution in [-0.4, -0.2) is 12.6 Å². The summed E-state index contributed by atoms with van der Waals surface area (Å²) in [6.07, 6.45) is 2.30. The Morgan fingerprint density at radius 3 is 2.18 bits per heavy atom. The number of nitrogens with one attached hydrogen (secondary N) is 1. The van der Waals surface area contributed by atoms with Crippen molar-refractivity contribution >= 4 is 0 Å². The summed E-state index contributed by atoms with van der Waals surface area (Å²) in [6.45, 7) is 12.0. The third-order valence-corrected chi connectivity index (χ3v) is 1.41. The van der Waals surface area contributed by atoms with Crippen LogP contribution in [0.15, 0.2) is 11.6 Å². The lowest BCUT2D eigenvalue weighted by Crippen LogP contribution is -2.24. The van der Waals surface area contributed by atoms with Crippen LogP contribution in [0.2, 0.25) is 0 Å². The molecule has 0 aromatic heterocycles. The molecule has 0 aliphatic rings. The maximum atomic E-state index is 3.38. The zero-order valence-corrected chi connectivity index (χ0v) is 8.44. The van der Waals surface area contributed by atoms with Gasteiger partial charge in [-0.25, -0.2) is 0 Å². The molecule has 0 radical (unpaired) electrons. The topological polar surface area (TPSA) is 12.0 Å². The summed E-state index contributed by atoms with van der Waals surface area (Å²) in [5.74, 6) is 0.670. The Morgan fingerprint density at radius 2 is 1.82 bits per heavy atom. The number of hydrogen-bond donors (Lipinski definition) is 1. The lowest BCUT2D eigenvalue weighted by Gasteiger charge is -2.08. The van der Waals surface area contributed by atoms with Gasteiger partial charge in [-0.1, -0.05) is 39.3 Å². The molecule has 0 amide bonds. The van der Waals surface area contributed by atoms with E-state index in [4.69, 9.17) is 0 Å². The van der Waals surface area contributed by atoms with Crippen molar-refractivity contribution in [1.82, 2.24) is 5.32 Å². The molecule has 0 aliphatic heterocycles. The molecule has 66 valence electrons. The van der Waals surface area contributed by atoms with E-state index in [1.165, 1.54) is 5.57 Å². The maximum Gasteiger partial charge on any atom is 0.0164 e. The van der Waals surface area contributed by atoms with Gasteiger partial charge in [-0.15, -0.1) is 0 Å². The van der Waals surface area contributed by atoms with Crippen LogP contribution < -0.4 is 5.32 Å². The predicted molar refractivity (Wildman–Crippen MR) is 51.7 cm³/mol. The van der Waals surface area contributed by atoms with E-state index < -0.39 is 0 Å². The van der Waals surface area contributed by atoms with Gasteiger partial charge in [0.15, 0.2) is 0 Å². The molecule has 11 heavy (non-hydrogen) atoms. The molecule has 0 rings (SSSR count). The van der Waals surface area contributed by atoms with E-state index >= 15 is 0 Å². The van der Waals surface area contributed by atoms with Crippen molar-refractivity contribution in [1.29, 1.82) is 0 Å². The lowest BCUT2D eigenvalue weighted by molar-refractivity contribution is 0.618. The Hall–Kier alpha value is -0.300. The Morgan fingerprint density at radius 1 is 1.27 bits per heavy atom. The molecule has 1 N–H and O–H groups in total. The summed E-state index contributed by atoms with van der Waals surface area (Å²) in [5, 5.41) is 3.38. The van der Waals surface area contributed by atoms with Gasteiger partial charge >= 0.3 is 0 Å². The minimum atomic E-state index is 0.588. The molecule has 0 aromatic rings. The minimum absolute atomic E-state index is 0.588. The Kier molecular flexibility index (Phi) is 5.22. The van der Waals surface area contributed by atoms with Gasteiger partial charge in [0.25, 0.3) is 0 Å². The van der Waals surface area contributed by atoms with E-state index in [1.54, 1.807) is 0 Å². The molecular formula is C10H21N. The molecule has 0 fully saturated rings. The molecule has 0 aliphatic carbocycles. The number of rotatable bonds is 4. The molecule has 1 nitrogen and oxygen atoms in total. The Bertz CT molecular complexity index is 123. The molecule has 0 atom stereocenters. The van der Waals surface area contributed by atoms with Crippen LogP contribution in [-0.2, 0) is 0 Å². The molecule has 0 aromatic carbocycles. The fourth-order valence-electron chi connectivity index (χ4n) is 0.993. The summed E-state index contributed by atoms with van der Waals surface area (Å²) in [5.41, 5.74) is 1.44. The molecule has 0 spiro atoms. The zero-order chi connectivity index (χ0) is 8.85. The third-order valence-electron chi connectivity index (χ3n) is 1.41. The molecule has 0 saturated heterocycles. The van der Waals surface area contributed by atoms with Crippen molar-refractivity contribution in [3.05, 3.63) is 11.6 Å². The summed E-state index contributed by atoms with van der Waals surface area (Å²) >= 11 is 0. The van der Waals surface area contributed by atoms with E-state index in [9.17, 15) is 0 Å². The van der Waals surface area contributed by atoms with Gasteiger partial charge in [0.05, 0.1) is 0 Å². The van der Waals surface area contributed by atoms with Gasteiger partial charge < -0.3 is 5.32 Å². The molecule has 0 unspecified atom stereocenters. The second-order valence-electron chi connectivity index (χ2n) is 3.79. The second kappa shape index (κ2) is 5.36. The molecule has 1 heteroatoms. The van der Waals surface area contributed by atoms with Gasteiger partial charge in [0.2, 0.25) is 0 Å². The lowest BCUT2D eigenvalue weighted by atomic mass is 10.1. The second-order valence-corrected chi connectivity index (χ2v) is 3.79. The van der Waals surface area contributed by atoms with Crippen LogP contribution in [0, 0.1) is 5.92 Å². The van der Waals surface area contributed by atoms with Gasteiger partial charge in [0.1, 0.15) is 0 Å². The van der Waals surface area contributed by atoms with Crippen LogP contribution in [0.25, 0.3) is 0 Å². The van der Waals surface area contributed by atoms with Gasteiger partial charge in [-0.3, -0.25) is 0 Å². The summed E-state index contributed by atoms with van der Waals surface area (Å²) in [4.78, 5) is 0. The maximum absolute atomic E-state index is 3.38. The molecular weight excluding hydrogens is 134 g/mol. The largest absolute Gasteiger partial charge is 0.311 e. The van der Waals surface area contributed by atoms with Crippen molar-refractivity contribution in [2.24, 2.45) is 5.92 Å². The molecule has 0 bridgehead atoms. The first-order valence-corrected chi connectivity index (χ1v) is 4.43. The van der Waals surface area contributed by atoms with Crippen molar-refractivity contribution in [2.45, 2.75) is 40.7 Å². The van der Waals surface area contributed by atoms with Gasteiger partial charge in [0, 0.05) is 12.6 Å². The van der Waals surface area contributed by atoms with Crippen LogP contribution in [0.4, 0.5) is 0 Å². The number of hydrogen-bond acceptors (Lipinski definition) is 1.